The second kappa shape index (κ2) is 13.7. The predicted octanol–water partition coefficient (Wildman–Crippen LogP) is 4.79. The molecular weight excluding hydrogens is 481 g/mol. The van der Waals surface area contributed by atoms with Crippen molar-refractivity contribution in [3.05, 3.63) is 18.0 Å². The van der Waals surface area contributed by atoms with E-state index >= 15 is 0 Å². The van der Waals surface area contributed by atoms with Gasteiger partial charge in [-0.15, -0.1) is 0 Å². The van der Waals surface area contributed by atoms with Gasteiger partial charge in [-0.2, -0.15) is 13.2 Å². The number of cyclic esters (lactones) is 1. The number of esters is 1. The van der Waals surface area contributed by atoms with E-state index in [9.17, 15) is 27.9 Å². The summed E-state index contributed by atoms with van der Waals surface area (Å²) in [7, 11) is 1.34. The summed E-state index contributed by atoms with van der Waals surface area (Å²) in [5, 5.41) is 12.8. The minimum atomic E-state index is -4.26. The van der Waals surface area contributed by atoms with E-state index in [4.69, 9.17) is 14.2 Å². The van der Waals surface area contributed by atoms with Crippen molar-refractivity contribution in [3.8, 4) is 11.5 Å². The summed E-state index contributed by atoms with van der Waals surface area (Å²) in [6.07, 6.45) is -2.15. The van der Waals surface area contributed by atoms with Crippen LogP contribution in [0.3, 0.4) is 0 Å². The summed E-state index contributed by atoms with van der Waals surface area (Å²) in [4.78, 5) is 29.6. The molecule has 0 spiro atoms. The van der Waals surface area contributed by atoms with Crippen LogP contribution in [0.1, 0.15) is 76.2 Å². The van der Waals surface area contributed by atoms with Crippen molar-refractivity contribution in [2.24, 2.45) is 11.8 Å². The van der Waals surface area contributed by atoms with Gasteiger partial charge in [0.1, 0.15) is 12.1 Å². The largest absolute Gasteiger partial charge is 0.503 e. The fraction of sp³-hybridized carbons (Fsp3) is 0.720. The van der Waals surface area contributed by atoms with E-state index in [1.165, 1.54) is 19.4 Å². The van der Waals surface area contributed by atoms with Crippen molar-refractivity contribution in [1.29, 1.82) is 0 Å². The molecule has 0 unspecified atom stereocenters. The van der Waals surface area contributed by atoms with Crippen molar-refractivity contribution in [2.45, 2.75) is 90.1 Å². The normalized spacial score (nSPS) is 23.4. The Bertz CT molecular complexity index is 865. The van der Waals surface area contributed by atoms with Crippen LogP contribution >= 0.6 is 0 Å². The number of methoxy groups -OCH3 is 1. The third-order valence-electron chi connectivity index (χ3n) is 6.24. The lowest BCUT2D eigenvalue weighted by Crippen LogP contribution is -2.44. The summed E-state index contributed by atoms with van der Waals surface area (Å²) in [6.45, 7) is 5.75. The minimum Gasteiger partial charge on any atom is -0.503 e. The van der Waals surface area contributed by atoms with Crippen LogP contribution in [0.15, 0.2) is 12.3 Å². The van der Waals surface area contributed by atoms with Gasteiger partial charge in [0.25, 0.3) is 5.91 Å². The first-order chi connectivity index (χ1) is 16.9. The molecule has 1 aromatic heterocycles. The molecule has 0 bridgehead atoms. The standard InChI is InChI=1S/C25H37F3N2O6/c1-15(2)9-10-17-7-5-8-18(30-23(32)20-21(31)19(34-4)11-13-29-20)24(33)36-16(3)22(17)35-14-6-12-25(26,27)28/h11,13,15-18,22,31H,5-10,12,14H2,1-4H3,(H,30,32)/t16-,17+,18-,22-/m0/s1. The predicted molar refractivity (Wildman–Crippen MR) is 126 cm³/mol. The van der Waals surface area contributed by atoms with Gasteiger partial charge in [0.2, 0.25) is 0 Å². The number of halogens is 3. The average Bonchev–Trinajstić information content (AvgIpc) is 2.84. The number of nitrogens with one attached hydrogen (secondary N) is 1. The molecule has 1 aliphatic rings. The molecule has 1 saturated heterocycles. The molecule has 2 rings (SSSR count). The number of aromatic nitrogens is 1. The molecule has 204 valence electrons. The van der Waals surface area contributed by atoms with E-state index in [1.54, 1.807) is 6.92 Å². The van der Waals surface area contributed by atoms with Crippen LogP contribution in [0.4, 0.5) is 13.2 Å². The Morgan fingerprint density at radius 1 is 1.33 bits per heavy atom. The van der Waals surface area contributed by atoms with E-state index < -0.39 is 48.5 Å². The lowest BCUT2D eigenvalue weighted by atomic mass is 9.86. The number of rotatable bonds is 10. The van der Waals surface area contributed by atoms with Crippen molar-refractivity contribution >= 4 is 11.9 Å². The Kier molecular flexibility index (Phi) is 11.3. The van der Waals surface area contributed by atoms with Crippen molar-refractivity contribution < 1.29 is 42.1 Å². The smallest absolute Gasteiger partial charge is 0.389 e. The fourth-order valence-electron chi connectivity index (χ4n) is 4.33. The summed E-state index contributed by atoms with van der Waals surface area (Å²) in [5.74, 6) is -1.39. The number of ether oxygens (including phenoxy) is 3. The van der Waals surface area contributed by atoms with Gasteiger partial charge in [-0.05, 0) is 44.4 Å². The van der Waals surface area contributed by atoms with Crippen LogP contribution < -0.4 is 10.1 Å². The zero-order valence-electron chi connectivity index (χ0n) is 21.3. The van der Waals surface area contributed by atoms with Crippen LogP contribution in [-0.2, 0) is 14.3 Å². The Balaban J connectivity index is 2.13. The molecule has 1 aromatic rings. The number of pyridine rings is 1. The monoisotopic (exact) mass is 518 g/mol. The molecule has 1 amide bonds. The maximum absolute atomic E-state index is 12.9. The Morgan fingerprint density at radius 2 is 2.06 bits per heavy atom. The van der Waals surface area contributed by atoms with Crippen molar-refractivity contribution in [1.82, 2.24) is 10.3 Å². The van der Waals surface area contributed by atoms with Gasteiger partial charge in [-0.3, -0.25) is 4.79 Å². The van der Waals surface area contributed by atoms with Gasteiger partial charge >= 0.3 is 12.1 Å². The van der Waals surface area contributed by atoms with E-state index in [1.807, 2.05) is 0 Å². The van der Waals surface area contributed by atoms with Crippen LogP contribution in [0.5, 0.6) is 11.5 Å². The molecule has 11 heteroatoms. The van der Waals surface area contributed by atoms with E-state index in [0.717, 1.165) is 12.8 Å². The fourth-order valence-corrected chi connectivity index (χ4v) is 4.33. The Labute approximate surface area is 209 Å². The Hall–Kier alpha value is -2.56. The maximum atomic E-state index is 12.9. The number of hydrogen-bond donors (Lipinski definition) is 2. The van der Waals surface area contributed by atoms with Crippen LogP contribution in [0.2, 0.25) is 0 Å². The molecule has 8 nitrogen and oxygen atoms in total. The number of nitrogens with zero attached hydrogens (tertiary/aromatic N) is 1. The van der Waals surface area contributed by atoms with Gasteiger partial charge in [0.15, 0.2) is 17.2 Å². The summed E-state index contributed by atoms with van der Waals surface area (Å²) in [5.41, 5.74) is -0.282. The molecule has 4 atom stereocenters. The topological polar surface area (TPSA) is 107 Å². The van der Waals surface area contributed by atoms with E-state index in [-0.39, 0.29) is 30.4 Å². The van der Waals surface area contributed by atoms with Crippen molar-refractivity contribution in [3.63, 3.8) is 0 Å². The zero-order valence-corrected chi connectivity index (χ0v) is 21.3. The minimum absolute atomic E-state index is 0.0142. The highest BCUT2D eigenvalue weighted by Gasteiger charge is 2.35. The molecular formula is C25H37F3N2O6. The lowest BCUT2D eigenvalue weighted by molar-refractivity contribution is -0.162. The van der Waals surface area contributed by atoms with Gasteiger partial charge in [-0.25, -0.2) is 9.78 Å². The first kappa shape index (κ1) is 29.7. The van der Waals surface area contributed by atoms with Crippen molar-refractivity contribution in [2.75, 3.05) is 13.7 Å². The molecule has 0 radical (unpaired) electrons. The van der Waals surface area contributed by atoms with Gasteiger partial charge in [0.05, 0.1) is 13.2 Å². The second-order valence-corrected chi connectivity index (χ2v) is 9.59. The van der Waals surface area contributed by atoms with E-state index in [0.29, 0.717) is 25.2 Å². The van der Waals surface area contributed by atoms with Crippen LogP contribution in [-0.4, -0.2) is 60.1 Å². The van der Waals surface area contributed by atoms with Gasteiger partial charge in [-0.1, -0.05) is 26.7 Å². The highest BCUT2D eigenvalue weighted by Crippen LogP contribution is 2.31. The van der Waals surface area contributed by atoms with Crippen LogP contribution in [0.25, 0.3) is 0 Å². The highest BCUT2D eigenvalue weighted by molar-refractivity contribution is 5.97. The molecule has 0 aromatic carbocycles. The molecule has 1 fully saturated rings. The molecule has 36 heavy (non-hydrogen) atoms. The average molecular weight is 519 g/mol. The van der Waals surface area contributed by atoms with Crippen LogP contribution in [0, 0.1) is 11.8 Å². The lowest BCUT2D eigenvalue weighted by Gasteiger charge is -2.31. The number of carbonyl (C=O) groups excluding carboxylic acids is 2. The summed E-state index contributed by atoms with van der Waals surface area (Å²) in [6, 6.07) is 0.413. The molecule has 2 heterocycles. The second-order valence-electron chi connectivity index (χ2n) is 9.59. The SMILES string of the molecule is COc1ccnc(C(=O)N[C@H]2CCC[C@H](CCC(C)C)[C@@H](OCCCC(F)(F)F)[C@H](C)OC2=O)c1O. The number of hydrogen-bond acceptors (Lipinski definition) is 7. The number of alkyl halides is 3. The number of carbonyl (C=O) groups is 2. The summed E-state index contributed by atoms with van der Waals surface area (Å²) < 4.78 is 54.2. The Morgan fingerprint density at radius 3 is 2.69 bits per heavy atom. The molecule has 0 saturated carbocycles. The zero-order chi connectivity index (χ0) is 26.9. The maximum Gasteiger partial charge on any atom is 0.389 e. The third kappa shape index (κ3) is 9.15. The highest BCUT2D eigenvalue weighted by atomic mass is 19.4. The quantitative estimate of drug-likeness (QED) is 0.339. The molecule has 0 aliphatic carbocycles. The molecule has 1 aliphatic heterocycles. The molecule has 2 N–H and O–H groups in total. The first-order valence-corrected chi connectivity index (χ1v) is 12.3. The van der Waals surface area contributed by atoms with Gasteiger partial charge < -0.3 is 24.6 Å². The van der Waals surface area contributed by atoms with Gasteiger partial charge in [0, 0.05) is 25.3 Å². The van der Waals surface area contributed by atoms with E-state index in [2.05, 4.69) is 24.1 Å². The third-order valence-corrected chi connectivity index (χ3v) is 6.24. The summed E-state index contributed by atoms with van der Waals surface area (Å²) >= 11 is 0. The first-order valence-electron chi connectivity index (χ1n) is 12.3. The number of aromatic hydroxyl groups is 1. The number of amides is 1.